The topological polar surface area (TPSA) is 92.4 Å². The highest BCUT2D eigenvalue weighted by Crippen LogP contribution is 2.14. The second kappa shape index (κ2) is 5.89. The highest BCUT2D eigenvalue weighted by atomic mass is 32.1. The maximum Gasteiger partial charge on any atom is 0.284 e. The quantitative estimate of drug-likeness (QED) is 0.333. The molecule has 18 heavy (non-hydrogen) atoms. The minimum absolute atomic E-state index is 0.264. The van der Waals surface area contributed by atoms with Crippen LogP contribution in [0.15, 0.2) is 40.8 Å². The molecule has 0 atom stereocenters. The van der Waals surface area contributed by atoms with Gasteiger partial charge in [0.15, 0.2) is 0 Å². The van der Waals surface area contributed by atoms with Crippen LogP contribution in [0.3, 0.4) is 0 Å². The number of hydrogen-bond acceptors (Lipinski definition) is 6. The van der Waals surface area contributed by atoms with Gasteiger partial charge in [-0.25, -0.2) is 10.8 Å². The number of hydrogen-bond donors (Lipinski definition) is 3. The van der Waals surface area contributed by atoms with E-state index in [1.54, 1.807) is 11.6 Å². The summed E-state index contributed by atoms with van der Waals surface area (Å²) in [5, 5.41) is 6.15. The van der Waals surface area contributed by atoms with Crippen LogP contribution in [-0.4, -0.2) is 17.1 Å². The number of amides is 1. The molecule has 2 rings (SSSR count). The van der Waals surface area contributed by atoms with E-state index in [9.17, 15) is 4.79 Å². The summed E-state index contributed by atoms with van der Waals surface area (Å²) in [6.45, 7) is 0. The zero-order valence-electron chi connectivity index (χ0n) is 9.33. The molecule has 92 valence electrons. The average Bonchev–Trinajstić information content (AvgIpc) is 2.88. The number of rotatable bonds is 4. The number of hydrazine groups is 1. The molecule has 0 radical (unpaired) electrons. The van der Waals surface area contributed by atoms with Gasteiger partial charge in [0.25, 0.3) is 5.91 Å². The number of anilines is 1. The molecule has 1 amide bonds. The van der Waals surface area contributed by atoms with Gasteiger partial charge in [-0.15, -0.1) is 11.3 Å². The van der Waals surface area contributed by atoms with E-state index in [4.69, 9.17) is 5.84 Å². The summed E-state index contributed by atoms with van der Waals surface area (Å²) in [6.07, 6.45) is 1.67. The van der Waals surface area contributed by atoms with Crippen LogP contribution in [0, 0.1) is 0 Å². The van der Waals surface area contributed by atoms with Crippen LogP contribution in [0.2, 0.25) is 0 Å². The minimum Gasteiger partial charge on any atom is -0.289 e. The lowest BCUT2D eigenvalue weighted by atomic mass is 10.2. The predicted molar refractivity (Wildman–Crippen MR) is 71.4 cm³/mol. The Morgan fingerprint density at radius 3 is 2.89 bits per heavy atom. The molecule has 4 N–H and O–H groups in total. The average molecular weight is 261 g/mol. The second-order valence-electron chi connectivity index (χ2n) is 3.29. The molecule has 0 fully saturated rings. The van der Waals surface area contributed by atoms with Gasteiger partial charge in [0.05, 0.1) is 6.21 Å². The van der Waals surface area contributed by atoms with E-state index in [2.05, 4.69) is 15.5 Å². The van der Waals surface area contributed by atoms with Crippen LogP contribution >= 0.6 is 11.3 Å². The molecule has 1 heterocycles. The molecule has 1 aromatic heterocycles. The summed E-state index contributed by atoms with van der Waals surface area (Å²) in [4.78, 5) is 15.2. The van der Waals surface area contributed by atoms with Gasteiger partial charge in [0, 0.05) is 5.38 Å². The lowest BCUT2D eigenvalue weighted by Crippen LogP contribution is -2.30. The van der Waals surface area contributed by atoms with E-state index in [-0.39, 0.29) is 5.69 Å². The number of nitrogen functional groups attached to an aromatic ring is 1. The van der Waals surface area contributed by atoms with Crippen molar-refractivity contribution >= 4 is 28.6 Å². The highest BCUT2D eigenvalue weighted by molar-refractivity contribution is 7.13. The van der Waals surface area contributed by atoms with Gasteiger partial charge < -0.3 is 0 Å². The molecule has 7 heteroatoms. The van der Waals surface area contributed by atoms with Crippen molar-refractivity contribution in [2.75, 3.05) is 5.43 Å². The molecule has 6 nitrogen and oxygen atoms in total. The first kappa shape index (κ1) is 12.2. The first-order valence-electron chi connectivity index (χ1n) is 5.10. The summed E-state index contributed by atoms with van der Waals surface area (Å²) in [5.41, 5.74) is 6.00. The van der Waals surface area contributed by atoms with Crippen molar-refractivity contribution in [3.63, 3.8) is 0 Å². The molecule has 0 saturated carbocycles. The van der Waals surface area contributed by atoms with E-state index >= 15 is 0 Å². The molecule has 2 aromatic rings. The normalized spacial score (nSPS) is 10.5. The predicted octanol–water partition coefficient (Wildman–Crippen LogP) is 1.19. The number of nitrogens with two attached hydrogens (primary N) is 1. The van der Waals surface area contributed by atoms with Crippen molar-refractivity contribution in [3.8, 4) is 0 Å². The maximum absolute atomic E-state index is 11.2. The zero-order chi connectivity index (χ0) is 12.8. The minimum atomic E-state index is -0.425. The van der Waals surface area contributed by atoms with Crippen LogP contribution < -0.4 is 16.7 Å². The number of carbonyl (C=O) groups is 1. The monoisotopic (exact) mass is 261 g/mol. The number of thiazole rings is 1. The molecule has 0 aliphatic rings. The maximum atomic E-state index is 11.2. The number of aromatic nitrogens is 1. The number of benzene rings is 1. The summed E-state index contributed by atoms with van der Waals surface area (Å²) >= 11 is 1.28. The van der Waals surface area contributed by atoms with Crippen LogP contribution in [0.1, 0.15) is 16.1 Å². The van der Waals surface area contributed by atoms with Crippen LogP contribution in [0.5, 0.6) is 0 Å². The highest BCUT2D eigenvalue weighted by Gasteiger charge is 2.07. The van der Waals surface area contributed by atoms with Gasteiger partial charge in [-0.3, -0.25) is 15.6 Å². The van der Waals surface area contributed by atoms with Crippen LogP contribution in [-0.2, 0) is 0 Å². The molecule has 0 aliphatic carbocycles. The third-order valence-electron chi connectivity index (χ3n) is 2.04. The van der Waals surface area contributed by atoms with Crippen LogP contribution in [0.4, 0.5) is 5.13 Å². The van der Waals surface area contributed by atoms with Gasteiger partial charge >= 0.3 is 0 Å². The van der Waals surface area contributed by atoms with Crippen molar-refractivity contribution in [3.05, 3.63) is 47.0 Å². The molecular weight excluding hydrogens is 250 g/mol. The fourth-order valence-electron chi connectivity index (χ4n) is 1.20. The Balaban J connectivity index is 1.96. The first-order valence-corrected chi connectivity index (χ1v) is 5.98. The molecule has 0 aliphatic heterocycles. The van der Waals surface area contributed by atoms with Crippen molar-refractivity contribution in [1.29, 1.82) is 0 Å². The van der Waals surface area contributed by atoms with E-state index in [1.165, 1.54) is 11.3 Å². The number of carbonyl (C=O) groups excluding carboxylic acids is 1. The van der Waals surface area contributed by atoms with Crippen molar-refractivity contribution in [1.82, 2.24) is 10.4 Å². The summed E-state index contributed by atoms with van der Waals surface area (Å²) in [5.74, 6) is 4.58. The first-order chi connectivity index (χ1) is 8.79. The SMILES string of the molecule is NNC(=O)c1csc(NN=Cc2ccccc2)n1. The molecule has 1 aromatic carbocycles. The molecule has 0 spiro atoms. The fraction of sp³-hybridized carbons (Fsp3) is 0. The van der Waals surface area contributed by atoms with Gasteiger partial charge in [0.1, 0.15) is 5.69 Å². The Morgan fingerprint density at radius 1 is 1.39 bits per heavy atom. The Bertz CT molecular complexity index is 552. The van der Waals surface area contributed by atoms with E-state index in [1.807, 2.05) is 35.8 Å². The molecule has 0 saturated heterocycles. The Hall–Kier alpha value is -2.25. The summed E-state index contributed by atoms with van der Waals surface area (Å²) < 4.78 is 0. The molecular formula is C11H11N5OS. The van der Waals surface area contributed by atoms with Gasteiger partial charge in [0.2, 0.25) is 5.13 Å². The summed E-state index contributed by atoms with van der Waals surface area (Å²) in [7, 11) is 0. The molecule has 0 bridgehead atoms. The summed E-state index contributed by atoms with van der Waals surface area (Å²) in [6, 6.07) is 9.65. The molecule has 0 unspecified atom stereocenters. The largest absolute Gasteiger partial charge is 0.289 e. The van der Waals surface area contributed by atoms with Crippen LogP contribution in [0.25, 0.3) is 0 Å². The Kier molecular flexibility index (Phi) is 4.00. The van der Waals surface area contributed by atoms with Gasteiger partial charge in [-0.2, -0.15) is 5.10 Å². The van der Waals surface area contributed by atoms with E-state index < -0.39 is 5.91 Å². The standard InChI is InChI=1S/C11H11N5OS/c12-15-10(17)9-7-18-11(14-9)16-13-6-8-4-2-1-3-5-8/h1-7H,12H2,(H,14,16)(H,15,17). The van der Waals surface area contributed by atoms with Gasteiger partial charge in [-0.05, 0) is 5.56 Å². The van der Waals surface area contributed by atoms with E-state index in [0.29, 0.717) is 5.13 Å². The smallest absolute Gasteiger partial charge is 0.284 e. The number of nitrogens with one attached hydrogen (secondary N) is 2. The fourth-order valence-corrected chi connectivity index (χ4v) is 1.84. The Morgan fingerprint density at radius 2 is 2.17 bits per heavy atom. The van der Waals surface area contributed by atoms with Crippen molar-refractivity contribution < 1.29 is 4.79 Å². The second-order valence-corrected chi connectivity index (χ2v) is 4.15. The van der Waals surface area contributed by atoms with Crippen molar-refractivity contribution in [2.24, 2.45) is 10.9 Å². The van der Waals surface area contributed by atoms with E-state index in [0.717, 1.165) is 5.56 Å². The zero-order valence-corrected chi connectivity index (χ0v) is 10.1. The lowest BCUT2D eigenvalue weighted by Gasteiger charge is -1.94. The number of hydrazone groups is 1. The van der Waals surface area contributed by atoms with Gasteiger partial charge in [-0.1, -0.05) is 30.3 Å². The van der Waals surface area contributed by atoms with Crippen molar-refractivity contribution in [2.45, 2.75) is 0 Å². The number of nitrogens with zero attached hydrogens (tertiary/aromatic N) is 2. The Labute approximate surface area is 108 Å². The third-order valence-corrected chi connectivity index (χ3v) is 2.79. The lowest BCUT2D eigenvalue weighted by molar-refractivity contribution is 0.0949. The third kappa shape index (κ3) is 3.12.